The number of halogens is 1. The van der Waals surface area contributed by atoms with Crippen molar-refractivity contribution in [3.05, 3.63) is 58.6 Å². The number of aromatic carboxylic acids is 1. The van der Waals surface area contributed by atoms with Crippen molar-refractivity contribution in [3.8, 4) is 0 Å². The molecule has 0 spiro atoms. The van der Waals surface area contributed by atoms with Crippen LogP contribution in [0.5, 0.6) is 0 Å². The first-order valence-electron chi connectivity index (χ1n) is 6.35. The fourth-order valence-corrected chi connectivity index (χ4v) is 3.09. The van der Waals surface area contributed by atoms with E-state index >= 15 is 0 Å². The van der Waals surface area contributed by atoms with Gasteiger partial charge in [-0.1, -0.05) is 29.8 Å². The molecule has 2 aromatic carbocycles. The molecule has 0 bridgehead atoms. The minimum atomic E-state index is -3.98. The molecule has 0 aliphatic rings. The van der Waals surface area contributed by atoms with E-state index < -0.39 is 16.0 Å². The molecule has 0 saturated carbocycles. The molecule has 6 nitrogen and oxygen atoms in total. The monoisotopic (exact) mass is 352 g/mol. The Balaban J connectivity index is 2.36. The van der Waals surface area contributed by atoms with E-state index in [2.05, 4.69) is 4.72 Å². The quantitative estimate of drug-likeness (QED) is 0.825. The van der Waals surface area contributed by atoms with Crippen molar-refractivity contribution in [2.24, 2.45) is 0 Å². The van der Waals surface area contributed by atoms with E-state index in [1.807, 2.05) is 0 Å². The maximum absolute atomic E-state index is 12.3. The van der Waals surface area contributed by atoms with Gasteiger partial charge in [0.15, 0.2) is 5.78 Å². The number of ketones is 1. The van der Waals surface area contributed by atoms with Gasteiger partial charge in [-0.2, -0.15) is 0 Å². The highest BCUT2D eigenvalue weighted by Crippen LogP contribution is 2.26. The highest BCUT2D eigenvalue weighted by atomic mass is 35.5. The van der Waals surface area contributed by atoms with E-state index in [9.17, 15) is 23.1 Å². The van der Waals surface area contributed by atoms with Crippen molar-refractivity contribution in [2.75, 3.05) is 4.72 Å². The van der Waals surface area contributed by atoms with Crippen molar-refractivity contribution in [3.63, 3.8) is 0 Å². The van der Waals surface area contributed by atoms with Crippen molar-refractivity contribution in [1.29, 1.82) is 0 Å². The highest BCUT2D eigenvalue weighted by molar-refractivity contribution is 7.92. The van der Waals surface area contributed by atoms with Crippen molar-refractivity contribution < 1.29 is 23.1 Å². The van der Waals surface area contributed by atoms with Crippen LogP contribution in [0.15, 0.2) is 47.4 Å². The molecule has 0 unspecified atom stereocenters. The summed E-state index contributed by atoms with van der Waals surface area (Å²) < 4.78 is 26.8. The lowest BCUT2D eigenvalue weighted by atomic mass is 10.2. The number of benzene rings is 2. The van der Waals surface area contributed by atoms with Gasteiger partial charge < -0.3 is 9.90 Å². The lowest BCUT2D eigenvalue weighted by Gasteiger charge is -2.12. The smallest absolute Gasteiger partial charge is 0.261 e. The van der Waals surface area contributed by atoms with Crippen LogP contribution in [0.4, 0.5) is 5.69 Å². The topological polar surface area (TPSA) is 103 Å². The van der Waals surface area contributed by atoms with E-state index in [4.69, 9.17) is 11.6 Å². The summed E-state index contributed by atoms with van der Waals surface area (Å²) in [5.41, 5.74) is 0.0870. The number of hydrogen-bond donors (Lipinski definition) is 1. The molecular formula is C15H11ClNO5S-. The highest BCUT2D eigenvalue weighted by Gasteiger charge is 2.16. The minimum absolute atomic E-state index is 0.0407. The Morgan fingerprint density at radius 3 is 2.13 bits per heavy atom. The second kappa shape index (κ2) is 6.39. The van der Waals surface area contributed by atoms with Gasteiger partial charge in [0.05, 0.1) is 21.6 Å². The number of carboxylic acid groups (broad SMARTS) is 1. The SMILES string of the molecule is CC(=O)c1ccc(S(=O)(=O)Nc2cc(C(=O)[O-])ccc2Cl)cc1. The minimum Gasteiger partial charge on any atom is -0.545 e. The standard InChI is InChI=1S/C15H12ClNO5S/c1-9(18)10-2-5-12(6-3-10)23(21,22)17-14-8-11(15(19)20)4-7-13(14)16/h2-8,17H,1H3,(H,19,20)/p-1. The predicted octanol–water partition coefficient (Wildman–Crippen LogP) is 1.71. The van der Waals surface area contributed by atoms with Crippen LogP contribution in [0.3, 0.4) is 0 Å². The third-order valence-electron chi connectivity index (χ3n) is 3.02. The summed E-state index contributed by atoms with van der Waals surface area (Å²) in [5, 5.41) is 10.9. The third-order valence-corrected chi connectivity index (χ3v) is 4.73. The summed E-state index contributed by atoms with van der Waals surface area (Å²) in [6.45, 7) is 1.37. The first kappa shape index (κ1) is 17.0. The lowest BCUT2D eigenvalue weighted by Crippen LogP contribution is -2.22. The Hall–Kier alpha value is -2.38. The molecular weight excluding hydrogens is 342 g/mol. The fraction of sp³-hybridized carbons (Fsp3) is 0.0667. The van der Waals surface area contributed by atoms with Gasteiger partial charge in [0, 0.05) is 5.56 Å². The van der Waals surface area contributed by atoms with Gasteiger partial charge in [-0.3, -0.25) is 9.52 Å². The fourth-order valence-electron chi connectivity index (χ4n) is 1.80. The number of hydrogen-bond acceptors (Lipinski definition) is 5. The Morgan fingerprint density at radius 2 is 1.61 bits per heavy atom. The average molecular weight is 353 g/mol. The summed E-state index contributed by atoms with van der Waals surface area (Å²) >= 11 is 5.88. The normalized spacial score (nSPS) is 11.0. The number of carboxylic acids is 1. The Kier molecular flexibility index (Phi) is 4.72. The lowest BCUT2D eigenvalue weighted by molar-refractivity contribution is -0.255. The molecule has 23 heavy (non-hydrogen) atoms. The maximum Gasteiger partial charge on any atom is 0.261 e. The summed E-state index contributed by atoms with van der Waals surface area (Å²) in [7, 11) is -3.98. The Morgan fingerprint density at radius 1 is 1.04 bits per heavy atom. The Labute approximate surface area is 137 Å². The number of carbonyl (C=O) groups excluding carboxylic acids is 2. The molecule has 8 heteroatoms. The van der Waals surface area contributed by atoms with Crippen LogP contribution in [0.1, 0.15) is 27.6 Å². The van der Waals surface area contributed by atoms with Gasteiger partial charge >= 0.3 is 0 Å². The molecule has 0 aromatic heterocycles. The molecule has 0 amide bonds. The van der Waals surface area contributed by atoms with Gasteiger partial charge in [0.2, 0.25) is 0 Å². The van der Waals surface area contributed by atoms with E-state index in [-0.39, 0.29) is 27.0 Å². The predicted molar refractivity (Wildman–Crippen MR) is 83.0 cm³/mol. The van der Waals surface area contributed by atoms with E-state index in [1.165, 1.54) is 43.3 Å². The van der Waals surface area contributed by atoms with Crippen LogP contribution in [-0.4, -0.2) is 20.2 Å². The van der Waals surface area contributed by atoms with Crippen LogP contribution in [0, 0.1) is 0 Å². The molecule has 0 aliphatic carbocycles. The summed E-state index contributed by atoms with van der Waals surface area (Å²) in [4.78, 5) is 22.0. The number of anilines is 1. The van der Waals surface area contributed by atoms with Gasteiger partial charge in [-0.05, 0) is 36.8 Å². The largest absolute Gasteiger partial charge is 0.545 e. The molecule has 2 aromatic rings. The summed E-state index contributed by atoms with van der Waals surface area (Å²) in [6.07, 6.45) is 0. The van der Waals surface area contributed by atoms with Crippen LogP contribution in [0.2, 0.25) is 5.02 Å². The summed E-state index contributed by atoms with van der Waals surface area (Å²) in [6, 6.07) is 8.84. The van der Waals surface area contributed by atoms with Crippen LogP contribution >= 0.6 is 11.6 Å². The zero-order valence-electron chi connectivity index (χ0n) is 11.9. The molecule has 0 atom stereocenters. The number of Topliss-reactive ketones (excluding diaryl/α,β-unsaturated/α-hetero) is 1. The zero-order valence-corrected chi connectivity index (χ0v) is 13.4. The molecule has 120 valence electrons. The van der Waals surface area contributed by atoms with Crippen LogP contribution in [0.25, 0.3) is 0 Å². The first-order valence-corrected chi connectivity index (χ1v) is 8.21. The molecule has 0 radical (unpaired) electrons. The van der Waals surface area contributed by atoms with Gasteiger partial charge in [0.25, 0.3) is 10.0 Å². The Bertz CT molecular complexity index is 875. The van der Waals surface area contributed by atoms with E-state index in [1.54, 1.807) is 0 Å². The van der Waals surface area contributed by atoms with Crippen LogP contribution < -0.4 is 9.83 Å². The van der Waals surface area contributed by atoms with Gasteiger partial charge in [-0.25, -0.2) is 8.42 Å². The van der Waals surface area contributed by atoms with Crippen molar-refractivity contribution in [2.45, 2.75) is 11.8 Å². The molecule has 1 N–H and O–H groups in total. The number of nitrogens with one attached hydrogen (secondary N) is 1. The average Bonchev–Trinajstić information content (AvgIpc) is 2.49. The van der Waals surface area contributed by atoms with E-state index in [0.29, 0.717) is 5.56 Å². The molecule has 0 heterocycles. The number of carbonyl (C=O) groups is 2. The summed E-state index contributed by atoms with van der Waals surface area (Å²) in [5.74, 6) is -1.64. The number of rotatable bonds is 5. The second-order valence-corrected chi connectivity index (χ2v) is 6.76. The maximum atomic E-state index is 12.3. The van der Waals surface area contributed by atoms with Gasteiger partial charge in [-0.15, -0.1) is 0 Å². The molecule has 2 rings (SSSR count). The second-order valence-electron chi connectivity index (χ2n) is 4.67. The zero-order chi connectivity index (χ0) is 17.2. The van der Waals surface area contributed by atoms with Crippen molar-refractivity contribution in [1.82, 2.24) is 0 Å². The van der Waals surface area contributed by atoms with Crippen molar-refractivity contribution >= 4 is 39.1 Å². The molecule has 0 fully saturated rings. The number of sulfonamides is 1. The van der Waals surface area contributed by atoms with Gasteiger partial charge in [0.1, 0.15) is 0 Å². The van der Waals surface area contributed by atoms with E-state index in [0.717, 1.165) is 6.07 Å². The first-order chi connectivity index (χ1) is 10.7. The van der Waals surface area contributed by atoms with Crippen LogP contribution in [-0.2, 0) is 10.0 Å². The molecule has 0 aliphatic heterocycles. The third kappa shape index (κ3) is 3.88. The molecule has 0 saturated heterocycles.